The molecule has 0 bridgehead atoms. The lowest BCUT2D eigenvalue weighted by Crippen LogP contribution is -2.11. The van der Waals surface area contributed by atoms with Crippen molar-refractivity contribution in [2.24, 2.45) is 5.14 Å². The van der Waals surface area contributed by atoms with Gasteiger partial charge >= 0.3 is 0 Å². The first-order valence-corrected chi connectivity index (χ1v) is 10.0. The number of aromatic nitrogens is 1. The minimum atomic E-state index is -2.88. The maximum atomic E-state index is 12.2. The Bertz CT molecular complexity index is 1300. The van der Waals surface area contributed by atoms with Gasteiger partial charge in [0.1, 0.15) is 10.4 Å². The van der Waals surface area contributed by atoms with Gasteiger partial charge < -0.3 is 10.1 Å². The van der Waals surface area contributed by atoms with E-state index in [-0.39, 0.29) is 11.3 Å². The zero-order chi connectivity index (χ0) is 17.8. The van der Waals surface area contributed by atoms with Crippen LogP contribution in [0.25, 0.3) is 32.1 Å². The van der Waals surface area contributed by atoms with Gasteiger partial charge in [-0.2, -0.15) is 0 Å². The summed E-state index contributed by atoms with van der Waals surface area (Å²) < 4.78 is 12.7. The van der Waals surface area contributed by atoms with Crippen LogP contribution in [0.1, 0.15) is 0 Å². The molecule has 2 aromatic heterocycles. The molecule has 1 unspecified atom stereocenters. The number of aromatic hydroxyl groups is 1. The Kier molecular flexibility index (Phi) is 3.47. The average Bonchev–Trinajstić information content (AvgIpc) is 3.05. The fourth-order valence-corrected chi connectivity index (χ4v) is 4.43. The molecule has 126 valence electrons. The first kappa shape index (κ1) is 15.9. The highest BCUT2D eigenvalue weighted by molar-refractivity contribution is 7.98. The van der Waals surface area contributed by atoms with Gasteiger partial charge in [0, 0.05) is 26.7 Å². The molecule has 0 aliphatic rings. The number of phenols is 1. The summed E-state index contributed by atoms with van der Waals surface area (Å²) in [5, 5.41) is 19.5. The highest BCUT2D eigenvalue weighted by Crippen LogP contribution is 2.40. The van der Waals surface area contributed by atoms with Crippen molar-refractivity contribution in [2.75, 3.05) is 0 Å². The minimum Gasteiger partial charge on any atom is -0.507 e. The van der Waals surface area contributed by atoms with Gasteiger partial charge in [0.25, 0.3) is 5.56 Å². The summed E-state index contributed by atoms with van der Waals surface area (Å²) >= 11 is 1.34. The maximum absolute atomic E-state index is 12.2. The number of thiophene rings is 1. The molecule has 0 saturated heterocycles. The summed E-state index contributed by atoms with van der Waals surface area (Å²) in [6.07, 6.45) is 0. The standard InChI is InChI=1S/C18H14N2O3S2/c1-25(19,23)11-4-2-3-10(9-11)15-14(21)6-5-13-16(15)12-7-8-24-17(12)18(22)20-13/h2-9,21H,1H2,(H2,19,23)(H,20,22). The molecule has 4 N–H and O–H groups in total. The van der Waals surface area contributed by atoms with Crippen molar-refractivity contribution in [3.05, 3.63) is 58.2 Å². The molecule has 0 fully saturated rings. The molecule has 0 amide bonds. The van der Waals surface area contributed by atoms with Gasteiger partial charge in [0.2, 0.25) is 0 Å². The molecule has 0 radical (unpaired) electrons. The first-order chi connectivity index (χ1) is 11.9. The predicted octanol–water partition coefficient (Wildman–Crippen LogP) is 3.06. The second-order valence-electron chi connectivity index (χ2n) is 5.75. The topological polar surface area (TPSA) is 96.2 Å². The van der Waals surface area contributed by atoms with Crippen molar-refractivity contribution in [3.8, 4) is 16.9 Å². The van der Waals surface area contributed by atoms with Crippen LogP contribution in [-0.4, -0.2) is 20.2 Å². The van der Waals surface area contributed by atoms with Gasteiger partial charge in [-0.3, -0.25) is 9.93 Å². The fraction of sp³-hybridized carbons (Fsp3) is 0. The second-order valence-corrected chi connectivity index (χ2v) is 8.59. The first-order valence-electron chi connectivity index (χ1n) is 7.37. The maximum Gasteiger partial charge on any atom is 0.266 e. The van der Waals surface area contributed by atoms with Crippen LogP contribution in [0, 0.1) is 0 Å². The quantitative estimate of drug-likeness (QED) is 0.473. The summed E-state index contributed by atoms with van der Waals surface area (Å²) in [4.78, 5) is 15.4. The van der Waals surface area contributed by atoms with Crippen LogP contribution >= 0.6 is 11.3 Å². The molecule has 7 heteroatoms. The van der Waals surface area contributed by atoms with Crippen LogP contribution in [0.2, 0.25) is 0 Å². The van der Waals surface area contributed by atoms with Crippen LogP contribution in [-0.2, 0) is 9.71 Å². The Morgan fingerprint density at radius 3 is 2.76 bits per heavy atom. The summed E-state index contributed by atoms with van der Waals surface area (Å²) in [5.41, 5.74) is 1.67. The molecule has 2 aromatic carbocycles. The smallest absolute Gasteiger partial charge is 0.266 e. The van der Waals surface area contributed by atoms with Crippen molar-refractivity contribution in [3.63, 3.8) is 0 Å². The second kappa shape index (κ2) is 5.45. The van der Waals surface area contributed by atoms with Gasteiger partial charge in [0.15, 0.2) is 0 Å². The zero-order valence-corrected chi connectivity index (χ0v) is 14.6. The van der Waals surface area contributed by atoms with Crippen molar-refractivity contribution in [1.29, 1.82) is 0 Å². The molecule has 0 aliphatic heterocycles. The number of H-pyrrole nitrogens is 1. The molecule has 4 rings (SSSR count). The van der Waals surface area contributed by atoms with Crippen molar-refractivity contribution in [2.45, 2.75) is 4.90 Å². The third-order valence-electron chi connectivity index (χ3n) is 4.09. The lowest BCUT2D eigenvalue weighted by atomic mass is 9.97. The average molecular weight is 370 g/mol. The van der Waals surface area contributed by atoms with E-state index in [9.17, 15) is 14.1 Å². The lowest BCUT2D eigenvalue weighted by molar-refractivity contribution is 0.478. The number of pyridine rings is 1. The molecule has 0 saturated carbocycles. The van der Waals surface area contributed by atoms with E-state index in [0.29, 0.717) is 26.2 Å². The number of aromatic amines is 1. The van der Waals surface area contributed by atoms with Crippen molar-refractivity contribution < 1.29 is 9.32 Å². The molecule has 25 heavy (non-hydrogen) atoms. The third kappa shape index (κ3) is 2.53. The summed E-state index contributed by atoms with van der Waals surface area (Å²) in [6, 6.07) is 11.9. The summed E-state index contributed by atoms with van der Waals surface area (Å²) in [7, 11) is -2.88. The largest absolute Gasteiger partial charge is 0.507 e. The van der Waals surface area contributed by atoms with Gasteiger partial charge in [-0.05, 0) is 47.1 Å². The number of nitrogens with two attached hydrogens (primary N) is 1. The van der Waals surface area contributed by atoms with Gasteiger partial charge in [-0.25, -0.2) is 4.21 Å². The van der Waals surface area contributed by atoms with Crippen LogP contribution < -0.4 is 10.7 Å². The van der Waals surface area contributed by atoms with Crippen molar-refractivity contribution >= 4 is 47.9 Å². The number of phenolic OH excluding ortho intramolecular Hbond substituents is 1. The Morgan fingerprint density at radius 1 is 1.20 bits per heavy atom. The SMILES string of the molecule is C=S(N)(=O)c1cccc(-c2c(O)ccc3[nH]c(=O)c4sccc4c23)c1. The molecular weight excluding hydrogens is 356 g/mol. The van der Waals surface area contributed by atoms with E-state index in [1.54, 1.807) is 30.3 Å². The van der Waals surface area contributed by atoms with Crippen LogP contribution in [0.4, 0.5) is 0 Å². The van der Waals surface area contributed by atoms with Crippen LogP contribution in [0.3, 0.4) is 0 Å². The van der Waals surface area contributed by atoms with E-state index in [1.165, 1.54) is 17.4 Å². The molecule has 0 aliphatic carbocycles. The van der Waals surface area contributed by atoms with E-state index in [0.717, 1.165) is 10.8 Å². The van der Waals surface area contributed by atoms with Gasteiger partial charge in [0.05, 0.1) is 9.71 Å². The van der Waals surface area contributed by atoms with E-state index < -0.39 is 9.71 Å². The number of benzene rings is 2. The predicted molar refractivity (Wildman–Crippen MR) is 105 cm³/mol. The molecule has 5 nitrogen and oxygen atoms in total. The minimum absolute atomic E-state index is 0.0665. The zero-order valence-electron chi connectivity index (χ0n) is 13.0. The Morgan fingerprint density at radius 2 is 2.00 bits per heavy atom. The van der Waals surface area contributed by atoms with Crippen LogP contribution in [0.15, 0.2) is 57.5 Å². The van der Waals surface area contributed by atoms with Crippen molar-refractivity contribution in [1.82, 2.24) is 4.98 Å². The van der Waals surface area contributed by atoms with Gasteiger partial charge in [-0.15, -0.1) is 11.3 Å². The van der Waals surface area contributed by atoms with Crippen LogP contribution in [0.5, 0.6) is 5.75 Å². The normalized spacial score (nSPS) is 14.0. The molecule has 2 heterocycles. The molecular formula is C18H14N2O3S2. The third-order valence-corrected chi connectivity index (χ3v) is 6.06. The summed E-state index contributed by atoms with van der Waals surface area (Å²) in [6.45, 7) is 0. The van der Waals surface area contributed by atoms with Gasteiger partial charge in [-0.1, -0.05) is 12.1 Å². The number of nitrogens with one attached hydrogen (secondary N) is 1. The monoisotopic (exact) mass is 370 g/mol. The highest BCUT2D eigenvalue weighted by Gasteiger charge is 2.16. The number of fused-ring (bicyclic) bond motifs is 3. The van der Waals surface area contributed by atoms with E-state index in [2.05, 4.69) is 10.9 Å². The number of rotatable bonds is 2. The van der Waals surface area contributed by atoms with E-state index >= 15 is 0 Å². The van der Waals surface area contributed by atoms with E-state index in [4.69, 9.17) is 5.14 Å². The molecule has 4 aromatic rings. The fourth-order valence-electron chi connectivity index (χ4n) is 3.00. The Hall–Kier alpha value is -2.61. The summed E-state index contributed by atoms with van der Waals surface area (Å²) in [5.74, 6) is 3.58. The van der Waals surface area contributed by atoms with E-state index in [1.807, 2.05) is 11.4 Å². The molecule has 0 spiro atoms. The highest BCUT2D eigenvalue weighted by atomic mass is 32.2. The Balaban J connectivity index is 2.17. The lowest BCUT2D eigenvalue weighted by Gasteiger charge is -2.12. The molecule has 1 atom stereocenters. The number of hydrogen-bond donors (Lipinski definition) is 3. The number of hydrogen-bond acceptors (Lipinski definition) is 4. The Labute approximate surface area is 147 Å².